The Hall–Kier alpha value is 0.180. The second-order valence-electron chi connectivity index (χ2n) is 4.74. The zero-order valence-electron chi connectivity index (χ0n) is 12.2. The molecule has 0 amide bonds. The van der Waals surface area contributed by atoms with Gasteiger partial charge in [-0.05, 0) is 19.3 Å². The van der Waals surface area contributed by atoms with E-state index in [4.69, 9.17) is 11.6 Å². The number of hydrogen-bond donors (Lipinski definition) is 2. The Morgan fingerprint density at radius 3 is 2.75 bits per heavy atom. The molecule has 3 atom stereocenters. The van der Waals surface area contributed by atoms with Crippen LogP contribution in [-0.2, 0) is 10.8 Å². The molecule has 0 aromatic carbocycles. The molecule has 1 aliphatic carbocycles. The average molecular weight is 434 g/mol. The highest BCUT2D eigenvalue weighted by atomic mass is 127. The minimum absolute atomic E-state index is 0. The maximum atomic E-state index is 11.9. The fourth-order valence-electron chi connectivity index (χ4n) is 2.32. The molecule has 4 nitrogen and oxygen atoms in total. The number of nitrogens with zero attached hydrogens (tertiary/aromatic N) is 1. The number of rotatable bonds is 5. The highest BCUT2D eigenvalue weighted by molar-refractivity contribution is 14.0. The molecule has 3 unspecified atom stereocenters. The van der Waals surface area contributed by atoms with Crippen molar-refractivity contribution in [3.05, 3.63) is 11.6 Å². The van der Waals surface area contributed by atoms with Crippen LogP contribution in [0.25, 0.3) is 0 Å². The summed E-state index contributed by atoms with van der Waals surface area (Å²) >= 11 is 5.73. The van der Waals surface area contributed by atoms with Crippen molar-refractivity contribution in [2.45, 2.75) is 43.9 Å². The topological polar surface area (TPSA) is 53.5 Å². The van der Waals surface area contributed by atoms with E-state index in [-0.39, 0.29) is 24.0 Å². The van der Waals surface area contributed by atoms with Crippen LogP contribution in [0.1, 0.15) is 32.6 Å². The summed E-state index contributed by atoms with van der Waals surface area (Å²) in [5.41, 5.74) is 0. The molecule has 0 aromatic heterocycles. The Labute approximate surface area is 146 Å². The summed E-state index contributed by atoms with van der Waals surface area (Å²) in [5, 5.41) is 7.35. The van der Waals surface area contributed by atoms with Crippen molar-refractivity contribution < 1.29 is 4.21 Å². The van der Waals surface area contributed by atoms with Crippen LogP contribution >= 0.6 is 35.6 Å². The largest absolute Gasteiger partial charge is 0.354 e. The third kappa shape index (κ3) is 7.26. The lowest BCUT2D eigenvalue weighted by atomic mass is 9.95. The minimum Gasteiger partial charge on any atom is -0.354 e. The maximum absolute atomic E-state index is 11.9. The number of guanidine groups is 1. The Bertz CT molecular complexity index is 366. The summed E-state index contributed by atoms with van der Waals surface area (Å²) in [4.78, 5) is 4.16. The molecule has 0 aliphatic heterocycles. The molecule has 7 heteroatoms. The average Bonchev–Trinajstić information content (AvgIpc) is 2.42. The Kier molecular flexibility index (Phi) is 10.9. The number of halogens is 2. The Balaban J connectivity index is 0.00000361. The fourth-order valence-corrected chi connectivity index (χ4v) is 3.73. The first-order valence-electron chi connectivity index (χ1n) is 6.74. The molecule has 0 bridgehead atoms. The van der Waals surface area contributed by atoms with E-state index in [1.54, 1.807) is 7.05 Å². The Morgan fingerprint density at radius 1 is 1.50 bits per heavy atom. The predicted octanol–water partition coefficient (Wildman–Crippen LogP) is 2.60. The van der Waals surface area contributed by atoms with Gasteiger partial charge in [-0.25, -0.2) is 0 Å². The van der Waals surface area contributed by atoms with Crippen molar-refractivity contribution in [3.8, 4) is 0 Å². The fraction of sp³-hybridized carbons (Fsp3) is 0.769. The van der Waals surface area contributed by atoms with Gasteiger partial charge < -0.3 is 10.6 Å². The van der Waals surface area contributed by atoms with Gasteiger partial charge in [0.05, 0.1) is 6.54 Å². The van der Waals surface area contributed by atoms with Gasteiger partial charge in [-0.1, -0.05) is 31.5 Å². The van der Waals surface area contributed by atoms with Crippen molar-refractivity contribution in [1.29, 1.82) is 0 Å². The van der Waals surface area contributed by atoms with Gasteiger partial charge in [0.1, 0.15) is 0 Å². The van der Waals surface area contributed by atoms with Crippen LogP contribution in [0, 0.1) is 0 Å². The van der Waals surface area contributed by atoms with Gasteiger partial charge in [0.2, 0.25) is 0 Å². The summed E-state index contributed by atoms with van der Waals surface area (Å²) in [7, 11) is 1.04. The second kappa shape index (κ2) is 10.8. The van der Waals surface area contributed by atoms with Crippen LogP contribution in [0.4, 0.5) is 0 Å². The lowest BCUT2D eigenvalue weighted by molar-refractivity contribution is 0.414. The van der Waals surface area contributed by atoms with Gasteiger partial charge in [-0.15, -0.1) is 24.0 Å². The van der Waals surface area contributed by atoms with Gasteiger partial charge in [-0.3, -0.25) is 9.20 Å². The number of aliphatic imine (C=N–C) groups is 1. The number of hydrogen-bond acceptors (Lipinski definition) is 2. The van der Waals surface area contributed by atoms with E-state index in [1.807, 2.05) is 6.92 Å². The molecular weight excluding hydrogens is 409 g/mol. The Morgan fingerprint density at radius 2 is 2.20 bits per heavy atom. The first kappa shape index (κ1) is 20.2. The van der Waals surface area contributed by atoms with Crippen LogP contribution in [-0.4, -0.2) is 40.8 Å². The molecule has 0 heterocycles. The van der Waals surface area contributed by atoms with Gasteiger partial charge in [0, 0.05) is 39.9 Å². The van der Waals surface area contributed by atoms with Crippen LogP contribution in [0.5, 0.6) is 0 Å². The van der Waals surface area contributed by atoms with Gasteiger partial charge >= 0.3 is 0 Å². The molecule has 0 radical (unpaired) electrons. The van der Waals surface area contributed by atoms with E-state index in [0.29, 0.717) is 22.9 Å². The van der Waals surface area contributed by atoms with Gasteiger partial charge in [0.25, 0.3) is 0 Å². The zero-order chi connectivity index (χ0) is 14.3. The highest BCUT2D eigenvalue weighted by Gasteiger charge is 2.25. The lowest BCUT2D eigenvalue weighted by Gasteiger charge is -2.30. The molecule has 0 spiro atoms. The summed E-state index contributed by atoms with van der Waals surface area (Å²) in [6, 6.07) is 0.337. The van der Waals surface area contributed by atoms with Crippen molar-refractivity contribution in [1.82, 2.24) is 10.6 Å². The second-order valence-corrected chi connectivity index (χ2v) is 7.28. The molecule has 2 N–H and O–H groups in total. The van der Waals surface area contributed by atoms with Crippen LogP contribution in [0.3, 0.4) is 0 Å². The quantitative estimate of drug-likeness (QED) is 0.398. The molecule has 0 aromatic rings. The van der Waals surface area contributed by atoms with Crippen molar-refractivity contribution in [2.24, 2.45) is 4.99 Å². The molecule has 1 rings (SSSR count). The monoisotopic (exact) mass is 433 g/mol. The third-order valence-corrected chi connectivity index (χ3v) is 5.17. The van der Waals surface area contributed by atoms with E-state index in [0.717, 1.165) is 37.4 Å². The third-order valence-electron chi connectivity index (χ3n) is 3.29. The van der Waals surface area contributed by atoms with E-state index < -0.39 is 10.8 Å². The van der Waals surface area contributed by atoms with Crippen molar-refractivity contribution in [3.63, 3.8) is 0 Å². The molecule has 1 saturated carbocycles. The lowest BCUT2D eigenvalue weighted by Crippen LogP contribution is -2.46. The van der Waals surface area contributed by atoms with Crippen LogP contribution in [0.2, 0.25) is 0 Å². The molecule has 0 saturated heterocycles. The summed E-state index contributed by atoms with van der Waals surface area (Å²) in [5.74, 6) is 1.48. The molecule has 20 heavy (non-hydrogen) atoms. The van der Waals surface area contributed by atoms with Gasteiger partial charge in [0.15, 0.2) is 5.96 Å². The molecule has 1 fully saturated rings. The van der Waals surface area contributed by atoms with Crippen LogP contribution < -0.4 is 10.6 Å². The van der Waals surface area contributed by atoms with Crippen LogP contribution in [0.15, 0.2) is 16.6 Å². The number of nitrogens with one attached hydrogen (secondary N) is 2. The zero-order valence-corrected chi connectivity index (χ0v) is 16.1. The summed E-state index contributed by atoms with van der Waals surface area (Å²) < 4.78 is 11.9. The van der Waals surface area contributed by atoms with E-state index in [2.05, 4.69) is 22.2 Å². The molecular formula is C13H25ClIN3OS. The first-order valence-corrected chi connectivity index (χ1v) is 8.50. The first-order chi connectivity index (χ1) is 9.06. The molecule has 118 valence electrons. The van der Waals surface area contributed by atoms with E-state index in [9.17, 15) is 4.21 Å². The summed E-state index contributed by atoms with van der Waals surface area (Å²) in [6.45, 7) is 6.12. The standard InChI is InChI=1S/C13H24ClN3OS.HI/c1-4-19(18)12-7-5-6-11(8-12)17-13(15-3)16-9-10(2)14;/h11-12H,2,4-9H2,1,3H3,(H2,15,16,17);1H. The summed E-state index contributed by atoms with van der Waals surface area (Å²) in [6.07, 6.45) is 4.24. The normalized spacial score (nSPS) is 24.4. The van der Waals surface area contributed by atoms with E-state index >= 15 is 0 Å². The SMILES string of the molecule is C=C(Cl)CNC(=NC)NC1CCCC(S(=O)CC)C1.I. The van der Waals surface area contributed by atoms with Crippen molar-refractivity contribution in [2.75, 3.05) is 19.3 Å². The van der Waals surface area contributed by atoms with E-state index in [1.165, 1.54) is 0 Å². The minimum atomic E-state index is -0.697. The highest BCUT2D eigenvalue weighted by Crippen LogP contribution is 2.22. The smallest absolute Gasteiger partial charge is 0.191 e. The van der Waals surface area contributed by atoms with Gasteiger partial charge in [-0.2, -0.15) is 0 Å². The van der Waals surface area contributed by atoms with Crippen molar-refractivity contribution >= 4 is 52.3 Å². The predicted molar refractivity (Wildman–Crippen MR) is 99.6 cm³/mol. The molecule has 1 aliphatic rings. The maximum Gasteiger partial charge on any atom is 0.191 e.